The van der Waals surface area contributed by atoms with Crippen molar-refractivity contribution in [2.75, 3.05) is 20.8 Å². The number of piperidine rings is 1. The Balaban J connectivity index is 1.50. The highest BCUT2D eigenvalue weighted by Gasteiger charge is 2.57. The summed E-state index contributed by atoms with van der Waals surface area (Å²) in [6, 6.07) is -1.10. The van der Waals surface area contributed by atoms with Crippen molar-refractivity contribution in [2.45, 2.75) is 168 Å². The molecule has 13 nitrogen and oxygen atoms in total. The minimum Gasteiger partial charge on any atom is -0.460 e. The van der Waals surface area contributed by atoms with Gasteiger partial charge in [-0.3, -0.25) is 19.2 Å². The second kappa shape index (κ2) is 22.2. The highest BCUT2D eigenvalue weighted by molar-refractivity contribution is 6.39. The standard InChI is InChI=1S/C50H75NO12/c1-28-14-11-10-12-15-29(2)30(3)24-36-19-17-34(7)50(59,63-36)47(56)48(57)51-21-13-16-37-38(25-35-18-20-39(52)42(26-35)60-8)41(62-49(58)43(37)51)27-40(53)31(4)23-33(6)45(55)46(61-9)44(54)32(5)22-28/h10-12,14-15,23,28,30-32,34-39,41-43,45-46,52,55,59H,13,16-22,24-27H2,1-9H3/b12-10+,14-11+,29-15+,33-23+/t28-,30+,31-,32-,34-,35+,36+,37?,38+,39-,41+,42-,43+,45-,46+,50-/m1/s1. The van der Waals surface area contributed by atoms with E-state index in [1.807, 2.05) is 51.2 Å². The highest BCUT2D eigenvalue weighted by Crippen LogP contribution is 2.45. The number of amides is 1. The molecule has 13 heteroatoms. The molecule has 0 aromatic carbocycles. The maximum Gasteiger partial charge on any atom is 0.329 e. The van der Waals surface area contributed by atoms with E-state index in [1.54, 1.807) is 34.0 Å². The number of esters is 1. The zero-order valence-electron chi connectivity index (χ0n) is 39.1. The first-order valence-corrected chi connectivity index (χ1v) is 23.4. The number of Topliss-reactive ketones (excluding diaryl/α,β-unsaturated/α-hetero) is 3. The fourth-order valence-electron chi connectivity index (χ4n) is 10.9. The number of rotatable bonds is 4. The number of carbonyl (C=O) groups is 5. The number of aliphatic hydroxyl groups is 3. The summed E-state index contributed by atoms with van der Waals surface area (Å²) >= 11 is 0. The number of hydrogen-bond acceptors (Lipinski definition) is 12. The number of methoxy groups -OCH3 is 2. The van der Waals surface area contributed by atoms with Crippen LogP contribution in [0.25, 0.3) is 0 Å². The topological polar surface area (TPSA) is 186 Å². The van der Waals surface area contributed by atoms with Gasteiger partial charge in [-0.25, -0.2) is 4.79 Å². The van der Waals surface area contributed by atoms with Crippen molar-refractivity contribution in [3.05, 3.63) is 47.6 Å². The van der Waals surface area contributed by atoms with Gasteiger partial charge in [0.05, 0.1) is 18.3 Å². The SMILES string of the molecule is CO[C@@H]1C[C@H](C[C@H]2C3CCCN4C(=O)C(=O)[C@]5(O)O[C@@H](CC[C@H]5C)C[C@H](C)/C(C)=C/C=C/C=C/[C@@H](C)C[C@@H](C)C(=O)[C@H](OC)[C@H](O)/C(C)=C/[C@@H](C)C(=O)C[C@@H]2OC(=O)[C@H]34)CC[C@H]1O. The van der Waals surface area contributed by atoms with Gasteiger partial charge < -0.3 is 39.2 Å². The Labute approximate surface area is 374 Å². The Morgan fingerprint density at radius 1 is 0.841 bits per heavy atom. The van der Waals surface area contributed by atoms with Gasteiger partial charge in [-0.05, 0) is 107 Å². The van der Waals surface area contributed by atoms with Gasteiger partial charge in [0.2, 0.25) is 5.79 Å². The molecule has 0 radical (unpaired) electrons. The quantitative estimate of drug-likeness (QED) is 0.170. The lowest BCUT2D eigenvalue weighted by Crippen LogP contribution is -2.65. The van der Waals surface area contributed by atoms with E-state index in [9.17, 15) is 39.3 Å². The molecule has 4 heterocycles. The van der Waals surface area contributed by atoms with Gasteiger partial charge in [0, 0.05) is 50.9 Å². The Hall–Kier alpha value is -3.33. The molecule has 4 aliphatic heterocycles. The van der Waals surface area contributed by atoms with Crippen LogP contribution in [0.3, 0.4) is 0 Å². The van der Waals surface area contributed by atoms with Crippen molar-refractivity contribution in [3.8, 4) is 0 Å². The molecular formula is C50H75NO12. The van der Waals surface area contributed by atoms with Gasteiger partial charge in [-0.15, -0.1) is 0 Å². The Kier molecular flexibility index (Phi) is 17.9. The molecule has 1 aliphatic carbocycles. The minimum atomic E-state index is -2.38. The lowest BCUT2D eigenvalue weighted by atomic mass is 9.68. The number of ether oxygens (including phenoxy) is 4. The van der Waals surface area contributed by atoms with Crippen LogP contribution >= 0.6 is 0 Å². The van der Waals surface area contributed by atoms with Crippen molar-refractivity contribution in [2.24, 2.45) is 47.3 Å². The van der Waals surface area contributed by atoms with E-state index in [1.165, 1.54) is 12.0 Å². The summed E-state index contributed by atoms with van der Waals surface area (Å²) < 4.78 is 23.6. The van der Waals surface area contributed by atoms with Gasteiger partial charge in [0.1, 0.15) is 30.1 Å². The molecule has 1 saturated carbocycles. The van der Waals surface area contributed by atoms with Crippen LogP contribution in [0.4, 0.5) is 0 Å². The summed E-state index contributed by atoms with van der Waals surface area (Å²) in [6.45, 7) is 13.1. The molecule has 1 amide bonds. The molecule has 5 aliphatic rings. The van der Waals surface area contributed by atoms with Crippen molar-refractivity contribution in [3.63, 3.8) is 0 Å². The molecule has 0 spiro atoms. The lowest BCUT2D eigenvalue weighted by molar-refractivity contribution is -0.264. The maximum absolute atomic E-state index is 14.4. The Bertz CT molecular complexity index is 1770. The fraction of sp³-hybridized carbons (Fsp3) is 0.740. The summed E-state index contributed by atoms with van der Waals surface area (Å²) in [4.78, 5) is 71.9. The molecule has 0 aromatic rings. The predicted octanol–water partition coefficient (Wildman–Crippen LogP) is 6.02. The molecular weight excluding hydrogens is 807 g/mol. The Morgan fingerprint density at radius 2 is 1.57 bits per heavy atom. The van der Waals surface area contributed by atoms with Crippen LogP contribution in [0, 0.1) is 47.3 Å². The molecule has 4 fully saturated rings. The van der Waals surface area contributed by atoms with Crippen molar-refractivity contribution in [1.82, 2.24) is 4.90 Å². The van der Waals surface area contributed by atoms with Crippen LogP contribution in [0.5, 0.6) is 0 Å². The fourth-order valence-corrected chi connectivity index (χ4v) is 10.9. The van der Waals surface area contributed by atoms with Crippen LogP contribution in [-0.2, 0) is 42.9 Å². The number of carbonyl (C=O) groups excluding carboxylic acids is 5. The second-order valence-electron chi connectivity index (χ2n) is 19.7. The van der Waals surface area contributed by atoms with Crippen molar-refractivity contribution < 1.29 is 58.2 Å². The van der Waals surface area contributed by atoms with E-state index >= 15 is 0 Å². The molecule has 16 atom stereocenters. The van der Waals surface area contributed by atoms with E-state index in [2.05, 4.69) is 6.92 Å². The summed E-state index contributed by atoms with van der Waals surface area (Å²) in [7, 11) is 2.96. The molecule has 352 valence electrons. The summed E-state index contributed by atoms with van der Waals surface area (Å²) in [5.74, 6) is -8.11. The van der Waals surface area contributed by atoms with Gasteiger partial charge in [-0.1, -0.05) is 76.6 Å². The molecule has 1 unspecified atom stereocenters. The first-order chi connectivity index (χ1) is 29.8. The van der Waals surface area contributed by atoms with Gasteiger partial charge in [0.25, 0.3) is 11.7 Å². The average Bonchev–Trinajstić information content (AvgIpc) is 3.25. The monoisotopic (exact) mass is 882 g/mol. The smallest absolute Gasteiger partial charge is 0.329 e. The third-order valence-corrected chi connectivity index (χ3v) is 15.0. The molecule has 0 aromatic heterocycles. The van der Waals surface area contributed by atoms with Crippen molar-refractivity contribution in [1.29, 1.82) is 0 Å². The van der Waals surface area contributed by atoms with Crippen LogP contribution < -0.4 is 0 Å². The van der Waals surface area contributed by atoms with Crippen molar-refractivity contribution >= 4 is 29.2 Å². The Morgan fingerprint density at radius 3 is 2.27 bits per heavy atom. The van der Waals surface area contributed by atoms with E-state index < -0.39 is 83.7 Å². The first-order valence-electron chi connectivity index (χ1n) is 23.4. The molecule has 63 heavy (non-hydrogen) atoms. The number of ketones is 3. The third-order valence-electron chi connectivity index (χ3n) is 15.0. The first kappa shape index (κ1) is 50.7. The number of hydrogen-bond donors (Lipinski definition) is 3. The van der Waals surface area contributed by atoms with Gasteiger partial charge >= 0.3 is 5.97 Å². The van der Waals surface area contributed by atoms with Gasteiger partial charge in [0.15, 0.2) is 5.78 Å². The number of fused-ring (bicyclic) bond motifs is 4. The molecule has 5 rings (SSSR count). The summed E-state index contributed by atoms with van der Waals surface area (Å²) in [6.07, 6.45) is 12.1. The molecule has 3 N–H and O–H groups in total. The zero-order valence-corrected chi connectivity index (χ0v) is 39.1. The zero-order chi connectivity index (χ0) is 46.3. The normalized spacial score (nSPS) is 43.7. The number of allylic oxidation sites excluding steroid dienone is 7. The predicted molar refractivity (Wildman–Crippen MR) is 237 cm³/mol. The second-order valence-corrected chi connectivity index (χ2v) is 19.7. The van der Waals surface area contributed by atoms with Crippen LogP contribution in [0.2, 0.25) is 0 Å². The largest absolute Gasteiger partial charge is 0.460 e. The van der Waals surface area contributed by atoms with Crippen LogP contribution in [0.15, 0.2) is 47.6 Å². The van der Waals surface area contributed by atoms with Crippen LogP contribution in [0.1, 0.15) is 119 Å². The summed E-state index contributed by atoms with van der Waals surface area (Å²) in [5.41, 5.74) is 1.47. The molecule has 3 saturated heterocycles. The number of aliphatic hydroxyl groups excluding tert-OH is 2. The van der Waals surface area contributed by atoms with E-state index in [0.29, 0.717) is 69.8 Å². The molecule has 4 bridgehead atoms. The average molecular weight is 882 g/mol. The van der Waals surface area contributed by atoms with Crippen LogP contribution in [-0.4, -0.2) is 119 Å². The lowest BCUT2D eigenvalue weighted by Gasteiger charge is -2.50. The van der Waals surface area contributed by atoms with E-state index in [0.717, 1.165) is 5.57 Å². The van der Waals surface area contributed by atoms with E-state index in [4.69, 9.17) is 18.9 Å². The number of nitrogens with zero attached hydrogens (tertiary/aromatic N) is 1. The highest BCUT2D eigenvalue weighted by atomic mass is 16.6. The minimum absolute atomic E-state index is 0.0303. The third kappa shape index (κ3) is 11.9. The van der Waals surface area contributed by atoms with Gasteiger partial charge in [-0.2, -0.15) is 0 Å². The maximum atomic E-state index is 14.4. The summed E-state index contributed by atoms with van der Waals surface area (Å²) in [5, 5.41) is 34.0. The van der Waals surface area contributed by atoms with E-state index in [-0.39, 0.29) is 54.3 Å².